The number of nitrogens with one attached hydrogen (secondary N) is 4. The summed E-state index contributed by atoms with van der Waals surface area (Å²) >= 11 is 0. The first-order valence-corrected chi connectivity index (χ1v) is 13.5. The van der Waals surface area contributed by atoms with Gasteiger partial charge in [0, 0.05) is 37.7 Å². The molecule has 2 aromatic heterocycles. The van der Waals surface area contributed by atoms with Gasteiger partial charge in [0.2, 0.25) is 0 Å². The van der Waals surface area contributed by atoms with Crippen molar-refractivity contribution in [2.45, 2.75) is 32.1 Å². The molecule has 12 nitrogen and oxygen atoms in total. The number of aryl methyl sites for hydroxylation is 1. The van der Waals surface area contributed by atoms with Crippen LogP contribution in [0.4, 0.5) is 20.6 Å². The van der Waals surface area contributed by atoms with Gasteiger partial charge in [0.15, 0.2) is 6.29 Å². The number of methoxy groups -OCH3 is 2. The molecule has 13 heteroatoms. The number of aliphatic hydroxyl groups excluding tert-OH is 1. The highest BCUT2D eigenvalue weighted by atomic mass is 19.1. The number of nitrogens with zero attached hydrogens (tertiary/aromatic N) is 1. The summed E-state index contributed by atoms with van der Waals surface area (Å²) in [5.41, 5.74) is 2.64. The van der Waals surface area contributed by atoms with Crippen LogP contribution in [-0.4, -0.2) is 59.5 Å². The Morgan fingerprint density at radius 1 is 0.977 bits per heavy atom. The number of anilines is 2. The Morgan fingerprint density at radius 2 is 1.75 bits per heavy atom. The lowest BCUT2D eigenvalue weighted by Gasteiger charge is -2.17. The third-order valence-electron chi connectivity index (χ3n) is 6.44. The number of benzene rings is 2. The van der Waals surface area contributed by atoms with E-state index in [0.29, 0.717) is 28.6 Å². The molecule has 2 atom stereocenters. The van der Waals surface area contributed by atoms with E-state index in [1.165, 1.54) is 32.5 Å². The number of aliphatic hydroxyl groups is 1. The standard InChI is InChI=1S/C31H32FN5O7/c1-18-4-9-23(32)25(14-18)37-31(41)35-20-5-7-21(8-6-20)44-22-12-13-33-27(16-22)26-15-19(17-34-26)29(39)36-24(30(40)43-3)10-11-28(38)42-2/h4-9,12-17,24,28,34,38H,10-11H2,1-3H3,(H,36,39)(H2,35,37,41)/t24-,28?/m0/s1. The van der Waals surface area contributed by atoms with Gasteiger partial charge in [-0.2, -0.15) is 0 Å². The summed E-state index contributed by atoms with van der Waals surface area (Å²) in [5.74, 6) is -0.752. The highest BCUT2D eigenvalue weighted by Gasteiger charge is 2.24. The minimum Gasteiger partial charge on any atom is -0.467 e. The summed E-state index contributed by atoms with van der Waals surface area (Å²) in [5, 5.41) is 17.4. The van der Waals surface area contributed by atoms with Crippen molar-refractivity contribution < 1.29 is 38.1 Å². The van der Waals surface area contributed by atoms with E-state index in [1.807, 2.05) is 0 Å². The Balaban J connectivity index is 1.36. The average molecular weight is 606 g/mol. The van der Waals surface area contributed by atoms with Crippen LogP contribution in [0.3, 0.4) is 0 Å². The topological polar surface area (TPSA) is 164 Å². The molecule has 0 bridgehead atoms. The number of hydrogen-bond donors (Lipinski definition) is 5. The first-order chi connectivity index (χ1) is 21.1. The molecule has 2 heterocycles. The van der Waals surface area contributed by atoms with Crippen molar-refractivity contribution in [2.75, 3.05) is 24.9 Å². The maximum Gasteiger partial charge on any atom is 0.328 e. The van der Waals surface area contributed by atoms with E-state index < -0.39 is 36.1 Å². The number of aromatic amines is 1. The zero-order chi connectivity index (χ0) is 31.6. The second-order valence-corrected chi connectivity index (χ2v) is 9.68. The second-order valence-electron chi connectivity index (χ2n) is 9.68. The average Bonchev–Trinajstić information content (AvgIpc) is 3.52. The predicted octanol–water partition coefficient (Wildman–Crippen LogP) is 4.98. The van der Waals surface area contributed by atoms with E-state index in [-0.39, 0.29) is 24.1 Å². The molecular formula is C31H32FN5O7. The molecule has 4 rings (SSSR count). The van der Waals surface area contributed by atoms with Gasteiger partial charge >= 0.3 is 12.0 Å². The fourth-order valence-corrected chi connectivity index (χ4v) is 4.12. The fraction of sp³-hybridized carbons (Fsp3) is 0.226. The maximum absolute atomic E-state index is 13.9. The van der Waals surface area contributed by atoms with Gasteiger partial charge in [-0.3, -0.25) is 9.78 Å². The molecule has 0 saturated carbocycles. The lowest BCUT2D eigenvalue weighted by atomic mass is 10.1. The Kier molecular flexibility index (Phi) is 10.6. The third-order valence-corrected chi connectivity index (χ3v) is 6.44. The van der Waals surface area contributed by atoms with Crippen LogP contribution in [0.25, 0.3) is 11.4 Å². The lowest BCUT2D eigenvalue weighted by molar-refractivity contribution is -0.143. The molecule has 0 aliphatic heterocycles. The fourth-order valence-electron chi connectivity index (χ4n) is 4.12. The lowest BCUT2D eigenvalue weighted by Crippen LogP contribution is -2.42. The molecule has 0 aliphatic carbocycles. The van der Waals surface area contributed by atoms with Gasteiger partial charge in [-0.15, -0.1) is 0 Å². The van der Waals surface area contributed by atoms with Crippen LogP contribution in [0.2, 0.25) is 0 Å². The van der Waals surface area contributed by atoms with Crippen molar-refractivity contribution in [3.63, 3.8) is 0 Å². The van der Waals surface area contributed by atoms with Gasteiger partial charge in [-0.05, 0) is 67.4 Å². The van der Waals surface area contributed by atoms with Gasteiger partial charge in [0.05, 0.1) is 29.7 Å². The van der Waals surface area contributed by atoms with E-state index in [4.69, 9.17) is 14.2 Å². The van der Waals surface area contributed by atoms with Crippen LogP contribution in [0.5, 0.6) is 11.5 Å². The molecule has 44 heavy (non-hydrogen) atoms. The molecule has 3 amide bonds. The molecule has 0 aliphatic rings. The maximum atomic E-state index is 13.9. The number of urea groups is 1. The number of H-pyrrole nitrogens is 1. The Bertz CT molecular complexity index is 1610. The van der Waals surface area contributed by atoms with Crippen molar-refractivity contribution in [3.05, 3.63) is 90.0 Å². The molecule has 230 valence electrons. The minimum absolute atomic E-state index is 0.0786. The molecule has 0 saturated heterocycles. The largest absolute Gasteiger partial charge is 0.467 e. The molecular weight excluding hydrogens is 573 g/mol. The van der Waals surface area contributed by atoms with E-state index >= 15 is 0 Å². The first-order valence-electron chi connectivity index (χ1n) is 13.5. The van der Waals surface area contributed by atoms with Crippen LogP contribution in [-0.2, 0) is 14.3 Å². The van der Waals surface area contributed by atoms with Crippen LogP contribution in [0.15, 0.2) is 73.1 Å². The van der Waals surface area contributed by atoms with Crippen LogP contribution in [0.1, 0.15) is 28.8 Å². The quantitative estimate of drug-likeness (QED) is 0.112. The number of carbonyl (C=O) groups excluding carboxylic acids is 3. The zero-order valence-corrected chi connectivity index (χ0v) is 24.2. The monoisotopic (exact) mass is 605 g/mol. The summed E-state index contributed by atoms with van der Waals surface area (Å²) < 4.78 is 29.4. The number of amides is 3. The molecule has 5 N–H and O–H groups in total. The first kappa shape index (κ1) is 31.7. The molecule has 0 spiro atoms. The number of ether oxygens (including phenoxy) is 3. The van der Waals surface area contributed by atoms with E-state index in [9.17, 15) is 23.9 Å². The van der Waals surface area contributed by atoms with Crippen LogP contribution >= 0.6 is 0 Å². The number of rotatable bonds is 12. The van der Waals surface area contributed by atoms with Crippen LogP contribution in [0, 0.1) is 12.7 Å². The normalized spacial score (nSPS) is 12.1. The van der Waals surface area contributed by atoms with Crippen molar-refractivity contribution >= 4 is 29.3 Å². The van der Waals surface area contributed by atoms with E-state index in [1.54, 1.807) is 61.7 Å². The molecule has 2 aromatic carbocycles. The summed E-state index contributed by atoms with van der Waals surface area (Å²) in [4.78, 5) is 44.6. The summed E-state index contributed by atoms with van der Waals surface area (Å²) in [6.07, 6.45) is 2.19. The SMILES string of the molecule is COC(=O)[C@H](CCC(O)OC)NC(=O)c1c[nH]c(-c2cc(Oc3ccc(NC(=O)Nc4cc(C)ccc4F)cc3)ccn2)c1. The number of halogens is 1. The van der Waals surface area contributed by atoms with Crippen LogP contribution < -0.4 is 20.7 Å². The van der Waals surface area contributed by atoms with Crippen molar-refractivity contribution in [1.82, 2.24) is 15.3 Å². The predicted molar refractivity (Wildman–Crippen MR) is 160 cm³/mol. The summed E-state index contributed by atoms with van der Waals surface area (Å²) in [7, 11) is 2.55. The number of pyridine rings is 1. The van der Waals surface area contributed by atoms with Gasteiger partial charge in [0.1, 0.15) is 23.4 Å². The minimum atomic E-state index is -1.07. The summed E-state index contributed by atoms with van der Waals surface area (Å²) in [6, 6.07) is 14.4. The van der Waals surface area contributed by atoms with Gasteiger partial charge in [0.25, 0.3) is 5.91 Å². The van der Waals surface area contributed by atoms with Gasteiger partial charge in [-0.1, -0.05) is 6.07 Å². The van der Waals surface area contributed by atoms with Gasteiger partial charge < -0.3 is 40.3 Å². The van der Waals surface area contributed by atoms with Crippen molar-refractivity contribution in [3.8, 4) is 22.9 Å². The molecule has 0 fully saturated rings. The third kappa shape index (κ3) is 8.63. The number of esters is 1. The number of aromatic nitrogens is 2. The zero-order valence-electron chi connectivity index (χ0n) is 24.2. The molecule has 1 unspecified atom stereocenters. The Labute approximate surface area is 252 Å². The highest BCUT2D eigenvalue weighted by Crippen LogP contribution is 2.27. The smallest absolute Gasteiger partial charge is 0.328 e. The summed E-state index contributed by atoms with van der Waals surface area (Å²) in [6.45, 7) is 1.80. The van der Waals surface area contributed by atoms with E-state index in [0.717, 1.165) is 5.56 Å². The molecule has 4 aromatic rings. The van der Waals surface area contributed by atoms with Gasteiger partial charge in [-0.25, -0.2) is 14.0 Å². The Morgan fingerprint density at radius 3 is 2.48 bits per heavy atom. The Hall–Kier alpha value is -5.27. The van der Waals surface area contributed by atoms with E-state index in [2.05, 4.69) is 25.9 Å². The molecule has 0 radical (unpaired) electrons. The number of carbonyl (C=O) groups is 3. The highest BCUT2D eigenvalue weighted by molar-refractivity contribution is 6.00. The second kappa shape index (κ2) is 14.8. The van der Waals surface area contributed by atoms with Crippen molar-refractivity contribution in [1.29, 1.82) is 0 Å². The number of hydrogen-bond acceptors (Lipinski definition) is 8. The van der Waals surface area contributed by atoms with Crippen molar-refractivity contribution in [2.24, 2.45) is 0 Å².